The summed E-state index contributed by atoms with van der Waals surface area (Å²) in [6, 6.07) is 14.1. The minimum Gasteiger partial charge on any atom is -0.497 e. The Morgan fingerprint density at radius 1 is 0.912 bits per heavy atom. The van der Waals surface area contributed by atoms with Crippen LogP contribution in [0.2, 0.25) is 0 Å². The van der Waals surface area contributed by atoms with E-state index in [4.69, 9.17) is 9.72 Å². The van der Waals surface area contributed by atoms with Gasteiger partial charge in [0.1, 0.15) is 27.3 Å². The van der Waals surface area contributed by atoms with Crippen LogP contribution in [0, 0.1) is 5.82 Å². The van der Waals surface area contributed by atoms with Gasteiger partial charge in [0.15, 0.2) is 0 Å². The van der Waals surface area contributed by atoms with Crippen molar-refractivity contribution in [2.45, 2.75) is 6.54 Å². The van der Waals surface area contributed by atoms with Gasteiger partial charge in [-0.2, -0.15) is 0 Å². The number of carbonyl (C=O) groups excluding carboxylic acids is 1. The lowest BCUT2D eigenvalue weighted by atomic mass is 10.2. The van der Waals surface area contributed by atoms with Gasteiger partial charge in [0, 0.05) is 54.6 Å². The Balaban J connectivity index is 1.16. The zero-order valence-electron chi connectivity index (χ0n) is 18.6. The molecule has 2 aromatic heterocycles. The summed E-state index contributed by atoms with van der Waals surface area (Å²) in [6.45, 7) is 3.64. The summed E-state index contributed by atoms with van der Waals surface area (Å²) in [7, 11) is 1.66. The third kappa shape index (κ3) is 5.01. The first-order valence-electron chi connectivity index (χ1n) is 10.9. The van der Waals surface area contributed by atoms with Crippen LogP contribution in [0.1, 0.15) is 16.2 Å². The number of hydrogen-bond donors (Lipinski definition) is 0. The number of piperazine rings is 1. The molecule has 1 saturated heterocycles. The van der Waals surface area contributed by atoms with Gasteiger partial charge in [0.2, 0.25) is 0 Å². The molecule has 0 spiro atoms. The molecule has 5 rings (SSSR count). The third-order valence-corrected chi connectivity index (χ3v) is 7.58. The van der Waals surface area contributed by atoms with E-state index >= 15 is 0 Å². The highest BCUT2D eigenvalue weighted by molar-refractivity contribution is 7.13. The highest BCUT2D eigenvalue weighted by Gasteiger charge is 2.24. The molecule has 0 N–H and O–H groups in total. The summed E-state index contributed by atoms with van der Waals surface area (Å²) in [5.74, 6) is 0.487. The maximum atomic E-state index is 13.2. The number of nitrogens with zero attached hydrogens (tertiary/aromatic N) is 4. The van der Waals surface area contributed by atoms with Crippen molar-refractivity contribution in [3.05, 3.63) is 76.5 Å². The van der Waals surface area contributed by atoms with Crippen LogP contribution < -0.4 is 4.74 Å². The molecule has 6 nitrogen and oxygen atoms in total. The number of halogens is 1. The predicted octanol–water partition coefficient (Wildman–Crippen LogP) is 5.04. The number of hydrogen-bond acceptors (Lipinski definition) is 7. The van der Waals surface area contributed by atoms with E-state index in [1.54, 1.807) is 36.0 Å². The Bertz CT molecular complexity index is 1260. The van der Waals surface area contributed by atoms with Gasteiger partial charge in [-0.1, -0.05) is 0 Å². The lowest BCUT2D eigenvalue weighted by Crippen LogP contribution is -2.48. The fraction of sp³-hybridized carbons (Fsp3) is 0.240. The van der Waals surface area contributed by atoms with E-state index in [-0.39, 0.29) is 11.7 Å². The maximum Gasteiger partial charge on any atom is 0.273 e. The van der Waals surface area contributed by atoms with E-state index in [2.05, 4.69) is 15.3 Å². The van der Waals surface area contributed by atoms with Crippen molar-refractivity contribution in [2.24, 2.45) is 0 Å². The molecule has 3 heterocycles. The van der Waals surface area contributed by atoms with Crippen molar-refractivity contribution in [2.75, 3.05) is 33.3 Å². The number of thiazole rings is 2. The molecule has 0 radical (unpaired) electrons. The smallest absolute Gasteiger partial charge is 0.273 e. The normalized spacial score (nSPS) is 14.4. The second-order valence-corrected chi connectivity index (χ2v) is 9.70. The summed E-state index contributed by atoms with van der Waals surface area (Å²) in [5.41, 5.74) is 3.38. The van der Waals surface area contributed by atoms with Gasteiger partial charge in [-0.05, 0) is 48.5 Å². The summed E-state index contributed by atoms with van der Waals surface area (Å²) in [6.07, 6.45) is 0. The number of benzene rings is 2. The average Bonchev–Trinajstić information content (AvgIpc) is 3.55. The van der Waals surface area contributed by atoms with Crippen LogP contribution in [-0.4, -0.2) is 59.0 Å². The molecule has 1 fully saturated rings. The molecule has 9 heteroatoms. The zero-order valence-corrected chi connectivity index (χ0v) is 20.2. The van der Waals surface area contributed by atoms with Crippen LogP contribution in [0.4, 0.5) is 4.39 Å². The van der Waals surface area contributed by atoms with Crippen LogP contribution in [0.3, 0.4) is 0 Å². The van der Waals surface area contributed by atoms with Crippen molar-refractivity contribution in [3.8, 4) is 26.9 Å². The van der Waals surface area contributed by atoms with E-state index in [0.29, 0.717) is 18.8 Å². The van der Waals surface area contributed by atoms with Crippen LogP contribution in [0.5, 0.6) is 5.75 Å². The molecule has 34 heavy (non-hydrogen) atoms. The van der Waals surface area contributed by atoms with E-state index in [0.717, 1.165) is 52.2 Å². The quantitative estimate of drug-likeness (QED) is 0.376. The van der Waals surface area contributed by atoms with Crippen molar-refractivity contribution in [1.82, 2.24) is 19.8 Å². The highest BCUT2D eigenvalue weighted by atomic mass is 32.1. The van der Waals surface area contributed by atoms with Gasteiger partial charge in [-0.15, -0.1) is 22.7 Å². The van der Waals surface area contributed by atoms with Crippen molar-refractivity contribution < 1.29 is 13.9 Å². The summed E-state index contributed by atoms with van der Waals surface area (Å²) in [5, 5.41) is 5.59. The van der Waals surface area contributed by atoms with Gasteiger partial charge in [-0.3, -0.25) is 9.69 Å². The number of ether oxygens (including phenoxy) is 1. The van der Waals surface area contributed by atoms with Crippen molar-refractivity contribution in [1.29, 1.82) is 0 Å². The number of carbonyl (C=O) groups is 1. The van der Waals surface area contributed by atoms with E-state index < -0.39 is 0 Å². The second kappa shape index (κ2) is 10.0. The number of aromatic nitrogens is 2. The largest absolute Gasteiger partial charge is 0.497 e. The van der Waals surface area contributed by atoms with Crippen LogP contribution in [-0.2, 0) is 6.54 Å². The van der Waals surface area contributed by atoms with Crippen molar-refractivity contribution in [3.63, 3.8) is 0 Å². The van der Waals surface area contributed by atoms with E-state index in [1.165, 1.54) is 23.5 Å². The number of rotatable bonds is 6. The van der Waals surface area contributed by atoms with Crippen LogP contribution in [0.15, 0.2) is 59.3 Å². The SMILES string of the molecule is COc1ccc(-c2nc(CN3CCN(C(=O)c4csc(-c5ccc(F)cc5)n4)CC3)cs2)cc1. The first-order chi connectivity index (χ1) is 16.6. The van der Waals surface area contributed by atoms with Gasteiger partial charge < -0.3 is 9.64 Å². The van der Waals surface area contributed by atoms with Crippen molar-refractivity contribution >= 4 is 28.6 Å². The minimum atomic E-state index is -0.288. The fourth-order valence-corrected chi connectivity index (χ4v) is 5.46. The topological polar surface area (TPSA) is 58.6 Å². The lowest BCUT2D eigenvalue weighted by molar-refractivity contribution is 0.0622. The molecule has 1 aliphatic rings. The van der Waals surface area contributed by atoms with Crippen LogP contribution in [0.25, 0.3) is 21.1 Å². The number of methoxy groups -OCH3 is 1. The Morgan fingerprint density at radius 3 is 2.21 bits per heavy atom. The predicted molar refractivity (Wildman–Crippen MR) is 133 cm³/mol. The molecule has 1 aliphatic heterocycles. The molecular formula is C25H23FN4O2S2. The van der Waals surface area contributed by atoms with E-state index in [1.807, 2.05) is 29.2 Å². The van der Waals surface area contributed by atoms with Gasteiger partial charge in [0.25, 0.3) is 5.91 Å². The Hall–Kier alpha value is -3.14. The summed E-state index contributed by atoms with van der Waals surface area (Å²) in [4.78, 5) is 26.4. The summed E-state index contributed by atoms with van der Waals surface area (Å²) >= 11 is 3.04. The molecule has 1 amide bonds. The number of amides is 1. The Kier molecular flexibility index (Phi) is 6.66. The molecule has 174 valence electrons. The molecule has 0 unspecified atom stereocenters. The third-order valence-electron chi connectivity index (χ3n) is 5.75. The summed E-state index contributed by atoms with van der Waals surface area (Å²) < 4.78 is 18.4. The average molecular weight is 495 g/mol. The Morgan fingerprint density at radius 2 is 1.53 bits per heavy atom. The standard InChI is InChI=1S/C25H23FN4O2S2/c1-32-21-8-4-18(5-9-21)23-27-20(15-33-23)14-29-10-12-30(13-11-29)25(31)22-16-34-24(28-22)17-2-6-19(26)7-3-17/h2-9,15-16H,10-14H2,1H3. The molecule has 0 atom stereocenters. The van der Waals surface area contributed by atoms with Gasteiger partial charge in [0.05, 0.1) is 12.8 Å². The Labute approximate surface area is 205 Å². The molecule has 0 saturated carbocycles. The maximum absolute atomic E-state index is 13.2. The molecule has 0 aliphatic carbocycles. The molecule has 4 aromatic rings. The van der Waals surface area contributed by atoms with Gasteiger partial charge in [-0.25, -0.2) is 14.4 Å². The van der Waals surface area contributed by atoms with Crippen LogP contribution >= 0.6 is 22.7 Å². The molecular weight excluding hydrogens is 471 g/mol. The first-order valence-corrected chi connectivity index (χ1v) is 12.7. The highest BCUT2D eigenvalue weighted by Crippen LogP contribution is 2.27. The first kappa shape index (κ1) is 22.6. The minimum absolute atomic E-state index is 0.0558. The molecule has 0 bridgehead atoms. The molecule has 2 aromatic carbocycles. The fourth-order valence-electron chi connectivity index (χ4n) is 3.84. The zero-order chi connectivity index (χ0) is 23.5. The monoisotopic (exact) mass is 494 g/mol. The van der Waals surface area contributed by atoms with E-state index in [9.17, 15) is 9.18 Å². The second-order valence-electron chi connectivity index (χ2n) is 7.99. The lowest BCUT2D eigenvalue weighted by Gasteiger charge is -2.34. The van der Waals surface area contributed by atoms with Gasteiger partial charge >= 0.3 is 0 Å².